The summed E-state index contributed by atoms with van der Waals surface area (Å²) < 4.78 is 0. The molecule has 2 rings (SSSR count). The molecule has 8 heteroatoms. The van der Waals surface area contributed by atoms with Crippen molar-refractivity contribution in [2.24, 2.45) is 0 Å². The number of nitrogens with zero attached hydrogens (tertiary/aromatic N) is 2. The molecule has 8 nitrogen and oxygen atoms in total. The molecule has 0 atom stereocenters. The number of imidazole rings is 1. The van der Waals surface area contributed by atoms with Crippen molar-refractivity contribution < 1.29 is 19.8 Å². The number of aliphatic carboxylic acids is 2. The zero-order valence-electron chi connectivity index (χ0n) is 11.5. The van der Waals surface area contributed by atoms with E-state index in [0.29, 0.717) is 0 Å². The van der Waals surface area contributed by atoms with Crippen molar-refractivity contribution in [1.29, 1.82) is 0 Å². The van der Waals surface area contributed by atoms with E-state index >= 15 is 0 Å². The van der Waals surface area contributed by atoms with Gasteiger partial charge in [0.05, 0.1) is 12.1 Å². The van der Waals surface area contributed by atoms with Crippen LogP contribution in [0, 0.1) is 0 Å². The van der Waals surface area contributed by atoms with Gasteiger partial charge in [0, 0.05) is 20.0 Å². The number of pyridine rings is 1. The van der Waals surface area contributed by atoms with Crippen LogP contribution < -0.4 is 5.32 Å². The van der Waals surface area contributed by atoms with Gasteiger partial charge in [-0.25, -0.2) is 9.97 Å². The van der Waals surface area contributed by atoms with Crippen LogP contribution in [0.25, 0.3) is 11.2 Å². The first-order valence-electron chi connectivity index (χ1n) is 5.70. The summed E-state index contributed by atoms with van der Waals surface area (Å²) in [5.74, 6) is -0.744. The van der Waals surface area contributed by atoms with Gasteiger partial charge in [0.2, 0.25) is 0 Å². The molecule has 4 N–H and O–H groups in total. The van der Waals surface area contributed by atoms with Crippen LogP contribution in [0.1, 0.15) is 19.7 Å². The quantitative estimate of drug-likeness (QED) is 0.643. The van der Waals surface area contributed by atoms with Gasteiger partial charge in [0.25, 0.3) is 11.9 Å². The first-order valence-corrected chi connectivity index (χ1v) is 5.70. The smallest absolute Gasteiger partial charge is 0.300 e. The maximum absolute atomic E-state index is 9.00. The third-order valence-electron chi connectivity index (χ3n) is 1.65. The Morgan fingerprint density at radius 1 is 1.30 bits per heavy atom. The number of H-pyrrole nitrogens is 1. The van der Waals surface area contributed by atoms with Gasteiger partial charge in [-0.1, -0.05) is 0 Å². The molecule has 0 aliphatic heterocycles. The molecule has 2 aromatic rings. The molecule has 0 spiro atoms. The zero-order valence-corrected chi connectivity index (χ0v) is 11.5. The van der Waals surface area contributed by atoms with Gasteiger partial charge in [-0.2, -0.15) is 0 Å². The van der Waals surface area contributed by atoms with Gasteiger partial charge in [0.15, 0.2) is 5.65 Å². The number of hydrogen-bond acceptors (Lipinski definition) is 5. The summed E-state index contributed by atoms with van der Waals surface area (Å²) in [6, 6.07) is 3.86. The molecule has 0 amide bonds. The Kier molecular flexibility index (Phi) is 8.28. The molecule has 0 bridgehead atoms. The number of carboxylic acid groups (broad SMARTS) is 2. The monoisotopic (exact) mass is 282 g/mol. The highest BCUT2D eigenvalue weighted by Gasteiger charge is 2.00. The summed E-state index contributed by atoms with van der Waals surface area (Å²) in [5, 5.41) is 17.9. The summed E-state index contributed by atoms with van der Waals surface area (Å²) in [6.45, 7) is 2.91. The van der Waals surface area contributed by atoms with Gasteiger partial charge < -0.3 is 20.5 Å². The highest BCUT2D eigenvalue weighted by molar-refractivity contribution is 5.69. The summed E-state index contributed by atoms with van der Waals surface area (Å²) in [5.41, 5.74) is 1.77. The standard InChI is InChI=1S/C8H10N4.2C2H4O2/c1-9-5-7-11-6-3-2-4-10-8(6)12-7;2*1-2(3)4/h2-4,9H,5H2,1H3,(H,10,11,12);2*1H3,(H,3,4). The van der Waals surface area contributed by atoms with Crippen LogP contribution in [-0.2, 0) is 16.1 Å². The fourth-order valence-corrected chi connectivity index (χ4v) is 1.15. The van der Waals surface area contributed by atoms with E-state index in [4.69, 9.17) is 19.8 Å². The Hall–Kier alpha value is -2.48. The number of carboxylic acids is 2. The van der Waals surface area contributed by atoms with Crippen LogP contribution in [0.5, 0.6) is 0 Å². The average Bonchev–Trinajstić information content (AvgIpc) is 2.70. The molecule has 2 aromatic heterocycles. The van der Waals surface area contributed by atoms with E-state index in [9.17, 15) is 0 Å². The molecule has 0 aromatic carbocycles. The zero-order chi connectivity index (χ0) is 15.5. The van der Waals surface area contributed by atoms with Crippen molar-refractivity contribution in [2.45, 2.75) is 20.4 Å². The lowest BCUT2D eigenvalue weighted by molar-refractivity contribution is -0.135. The van der Waals surface area contributed by atoms with Gasteiger partial charge in [-0.15, -0.1) is 0 Å². The first kappa shape index (κ1) is 17.5. The number of fused-ring (bicyclic) bond motifs is 1. The van der Waals surface area contributed by atoms with Crippen molar-refractivity contribution in [3.8, 4) is 0 Å². The Bertz CT molecular complexity index is 500. The molecule has 2 heterocycles. The Balaban J connectivity index is 0.000000380. The maximum atomic E-state index is 9.00. The molecule has 0 aliphatic rings. The number of aromatic nitrogens is 3. The number of rotatable bonds is 2. The molecule has 20 heavy (non-hydrogen) atoms. The van der Waals surface area contributed by atoms with Crippen LogP contribution in [0.2, 0.25) is 0 Å². The van der Waals surface area contributed by atoms with Crippen molar-refractivity contribution in [2.75, 3.05) is 7.05 Å². The van der Waals surface area contributed by atoms with Crippen molar-refractivity contribution in [3.05, 3.63) is 24.2 Å². The third kappa shape index (κ3) is 8.59. The van der Waals surface area contributed by atoms with Crippen molar-refractivity contribution >= 4 is 23.1 Å². The number of carbonyl (C=O) groups is 2. The molecular weight excluding hydrogens is 264 g/mol. The molecule has 0 unspecified atom stereocenters. The lowest BCUT2D eigenvalue weighted by Crippen LogP contribution is -2.06. The summed E-state index contributed by atoms with van der Waals surface area (Å²) >= 11 is 0. The van der Waals surface area contributed by atoms with Gasteiger partial charge in [-0.3, -0.25) is 9.59 Å². The van der Waals surface area contributed by atoms with Crippen LogP contribution in [0.3, 0.4) is 0 Å². The van der Waals surface area contributed by atoms with Gasteiger partial charge in [0.1, 0.15) is 5.82 Å². The minimum Gasteiger partial charge on any atom is -0.481 e. The molecule has 0 fully saturated rings. The molecule has 110 valence electrons. The Labute approximate surface area is 115 Å². The second-order valence-electron chi connectivity index (χ2n) is 3.63. The topological polar surface area (TPSA) is 128 Å². The van der Waals surface area contributed by atoms with E-state index in [1.54, 1.807) is 6.20 Å². The summed E-state index contributed by atoms with van der Waals surface area (Å²) in [4.78, 5) is 29.5. The average molecular weight is 282 g/mol. The van der Waals surface area contributed by atoms with Crippen LogP contribution >= 0.6 is 0 Å². The van der Waals surface area contributed by atoms with Crippen LogP contribution in [0.4, 0.5) is 0 Å². The maximum Gasteiger partial charge on any atom is 0.300 e. The SMILES string of the molecule is CC(=O)O.CC(=O)O.CNCc1nc2ncccc2[nH]1. The Morgan fingerprint density at radius 2 is 1.85 bits per heavy atom. The second kappa shape index (κ2) is 9.45. The second-order valence-corrected chi connectivity index (χ2v) is 3.63. The van der Waals surface area contributed by atoms with Gasteiger partial charge in [-0.05, 0) is 19.2 Å². The third-order valence-corrected chi connectivity index (χ3v) is 1.65. The van der Waals surface area contributed by atoms with E-state index in [1.165, 1.54) is 0 Å². The highest BCUT2D eigenvalue weighted by atomic mass is 16.4. The first-order chi connectivity index (χ1) is 9.36. The molecule has 0 aliphatic carbocycles. The predicted octanol–water partition coefficient (Wildman–Crippen LogP) is 0.859. The largest absolute Gasteiger partial charge is 0.481 e. The number of hydrogen-bond donors (Lipinski definition) is 4. The van der Waals surface area contributed by atoms with E-state index in [1.807, 2.05) is 19.2 Å². The number of nitrogens with one attached hydrogen (secondary N) is 2. The molecule has 0 saturated carbocycles. The number of aromatic amines is 1. The minimum absolute atomic E-state index is 0.746. The normalized spacial score (nSPS) is 8.95. The van der Waals surface area contributed by atoms with E-state index in [0.717, 1.165) is 37.4 Å². The lowest BCUT2D eigenvalue weighted by Gasteiger charge is -1.89. The fourth-order valence-electron chi connectivity index (χ4n) is 1.15. The molecular formula is C12H18N4O4. The van der Waals surface area contributed by atoms with E-state index < -0.39 is 11.9 Å². The van der Waals surface area contributed by atoms with E-state index in [2.05, 4.69) is 20.3 Å². The molecule has 0 radical (unpaired) electrons. The summed E-state index contributed by atoms with van der Waals surface area (Å²) in [6.07, 6.45) is 1.74. The summed E-state index contributed by atoms with van der Waals surface area (Å²) in [7, 11) is 1.89. The lowest BCUT2D eigenvalue weighted by atomic mass is 10.4. The minimum atomic E-state index is -0.833. The van der Waals surface area contributed by atoms with Crippen molar-refractivity contribution in [3.63, 3.8) is 0 Å². The molecule has 0 saturated heterocycles. The predicted molar refractivity (Wildman–Crippen MR) is 73.3 cm³/mol. The van der Waals surface area contributed by atoms with Crippen LogP contribution in [0.15, 0.2) is 18.3 Å². The Morgan fingerprint density at radius 3 is 2.30 bits per heavy atom. The van der Waals surface area contributed by atoms with E-state index in [-0.39, 0.29) is 0 Å². The van der Waals surface area contributed by atoms with Gasteiger partial charge >= 0.3 is 0 Å². The van der Waals surface area contributed by atoms with Crippen LogP contribution in [-0.4, -0.2) is 44.2 Å². The fraction of sp³-hybridized carbons (Fsp3) is 0.333. The highest BCUT2D eigenvalue weighted by Crippen LogP contribution is 2.06. The van der Waals surface area contributed by atoms with Crippen molar-refractivity contribution in [1.82, 2.24) is 20.3 Å².